The van der Waals surface area contributed by atoms with Gasteiger partial charge in [-0.1, -0.05) is 71.9 Å². The molecular formula is C17H16Cl2N2O2S2. The number of ether oxygens (including phenoxy) is 2. The fraction of sp³-hybridized carbons (Fsp3) is 0.176. The Morgan fingerprint density at radius 3 is 2.00 bits per heavy atom. The number of para-hydroxylation sites is 1. The zero-order chi connectivity index (χ0) is 18.8. The van der Waals surface area contributed by atoms with Gasteiger partial charge in [-0.25, -0.2) is 0 Å². The first-order valence-corrected chi connectivity index (χ1v) is 8.65. The fourth-order valence-corrected chi connectivity index (χ4v) is 3.94. The zero-order valence-corrected chi connectivity index (χ0v) is 16.7. The summed E-state index contributed by atoms with van der Waals surface area (Å²) in [6.45, 7) is 0. The van der Waals surface area contributed by atoms with Gasteiger partial charge in [0.15, 0.2) is 11.5 Å². The molecule has 0 saturated heterocycles. The molecule has 0 unspecified atom stereocenters. The van der Waals surface area contributed by atoms with E-state index in [9.17, 15) is 0 Å². The Bertz CT molecular complexity index is 829. The van der Waals surface area contributed by atoms with Crippen molar-refractivity contribution in [2.24, 2.45) is 11.5 Å². The van der Waals surface area contributed by atoms with Gasteiger partial charge >= 0.3 is 0 Å². The average Bonchev–Trinajstić information content (AvgIpc) is 2.58. The summed E-state index contributed by atoms with van der Waals surface area (Å²) in [4.78, 5) is 0.0476. The van der Waals surface area contributed by atoms with E-state index in [2.05, 4.69) is 0 Å². The molecule has 8 heteroatoms. The van der Waals surface area contributed by atoms with Gasteiger partial charge in [0, 0.05) is 5.56 Å². The van der Waals surface area contributed by atoms with Gasteiger partial charge in [0.05, 0.1) is 34.2 Å². The van der Waals surface area contributed by atoms with Crippen LogP contribution in [0.25, 0.3) is 0 Å². The summed E-state index contributed by atoms with van der Waals surface area (Å²) < 4.78 is 10.9. The summed E-state index contributed by atoms with van der Waals surface area (Å²) in [6, 6.07) is 10.4. The highest BCUT2D eigenvalue weighted by molar-refractivity contribution is 7.82. The molecule has 0 aliphatic rings. The number of hydrogen-bond acceptors (Lipinski definition) is 4. The monoisotopic (exact) mass is 414 g/mol. The van der Waals surface area contributed by atoms with Crippen LogP contribution in [0.2, 0.25) is 10.0 Å². The van der Waals surface area contributed by atoms with E-state index < -0.39 is 5.41 Å². The van der Waals surface area contributed by atoms with Crippen LogP contribution in [0.3, 0.4) is 0 Å². The van der Waals surface area contributed by atoms with Crippen LogP contribution in [0.5, 0.6) is 11.5 Å². The average molecular weight is 415 g/mol. The molecule has 0 radical (unpaired) electrons. The number of hydrogen-bond donors (Lipinski definition) is 2. The second-order valence-corrected chi connectivity index (χ2v) is 6.79. The molecule has 0 fully saturated rings. The maximum atomic E-state index is 6.45. The molecule has 0 bridgehead atoms. The molecule has 132 valence electrons. The lowest BCUT2D eigenvalue weighted by Crippen LogP contribution is -2.51. The maximum Gasteiger partial charge on any atom is 0.165 e. The highest BCUT2D eigenvalue weighted by Gasteiger charge is 2.45. The van der Waals surface area contributed by atoms with Crippen LogP contribution in [0.1, 0.15) is 11.1 Å². The van der Waals surface area contributed by atoms with Crippen molar-refractivity contribution in [2.45, 2.75) is 5.41 Å². The van der Waals surface area contributed by atoms with Crippen LogP contribution in [0, 0.1) is 0 Å². The predicted octanol–water partition coefficient (Wildman–Crippen LogP) is 3.87. The molecule has 2 aromatic rings. The summed E-state index contributed by atoms with van der Waals surface area (Å²) in [5.74, 6) is 0.886. The van der Waals surface area contributed by atoms with Crippen molar-refractivity contribution in [2.75, 3.05) is 14.2 Å². The molecule has 0 spiro atoms. The Labute approximate surface area is 167 Å². The minimum absolute atomic E-state index is 0.0238. The topological polar surface area (TPSA) is 70.5 Å². The van der Waals surface area contributed by atoms with Gasteiger partial charge in [0.1, 0.15) is 5.41 Å². The van der Waals surface area contributed by atoms with E-state index in [1.807, 2.05) is 0 Å². The summed E-state index contributed by atoms with van der Waals surface area (Å²) in [5, 5.41) is 0.590. The predicted molar refractivity (Wildman–Crippen MR) is 110 cm³/mol. The largest absolute Gasteiger partial charge is 0.493 e. The Morgan fingerprint density at radius 2 is 1.48 bits per heavy atom. The fourth-order valence-electron chi connectivity index (χ4n) is 2.77. The smallest absolute Gasteiger partial charge is 0.165 e. The van der Waals surface area contributed by atoms with Crippen LogP contribution in [-0.2, 0) is 5.41 Å². The molecule has 0 aliphatic carbocycles. The maximum absolute atomic E-state index is 6.45. The third-order valence-electron chi connectivity index (χ3n) is 3.90. The Balaban J connectivity index is 3.00. The Morgan fingerprint density at radius 1 is 0.920 bits per heavy atom. The number of nitrogens with two attached hydrogens (primary N) is 2. The van der Waals surface area contributed by atoms with E-state index >= 15 is 0 Å². The lowest BCUT2D eigenvalue weighted by atomic mass is 9.73. The van der Waals surface area contributed by atoms with Crippen molar-refractivity contribution in [3.05, 3.63) is 57.6 Å². The molecule has 25 heavy (non-hydrogen) atoms. The molecule has 0 aromatic heterocycles. The van der Waals surface area contributed by atoms with Crippen LogP contribution >= 0.6 is 47.6 Å². The SMILES string of the molecule is COc1cccc(C(C(N)=S)(C(N)=S)c2cccc(Cl)c2Cl)c1OC. The quantitative estimate of drug-likeness (QED) is 0.698. The van der Waals surface area contributed by atoms with Crippen LogP contribution < -0.4 is 20.9 Å². The minimum atomic E-state index is -1.35. The van der Waals surface area contributed by atoms with E-state index in [-0.39, 0.29) is 15.0 Å². The van der Waals surface area contributed by atoms with Crippen molar-refractivity contribution in [1.29, 1.82) is 0 Å². The second kappa shape index (κ2) is 7.74. The Hall–Kier alpha value is -1.60. The van der Waals surface area contributed by atoms with Gasteiger partial charge in [0.25, 0.3) is 0 Å². The van der Waals surface area contributed by atoms with Gasteiger partial charge in [-0.05, 0) is 17.7 Å². The molecule has 0 aliphatic heterocycles. The first-order chi connectivity index (χ1) is 11.8. The van der Waals surface area contributed by atoms with Gasteiger partial charge in [-0.2, -0.15) is 0 Å². The summed E-state index contributed by atoms with van der Waals surface area (Å²) in [6.07, 6.45) is 0. The Kier molecular flexibility index (Phi) is 6.11. The first kappa shape index (κ1) is 19.7. The normalized spacial score (nSPS) is 11.0. The minimum Gasteiger partial charge on any atom is -0.493 e. The van der Waals surface area contributed by atoms with E-state index in [1.165, 1.54) is 14.2 Å². The van der Waals surface area contributed by atoms with Crippen LogP contribution in [0.15, 0.2) is 36.4 Å². The van der Waals surface area contributed by atoms with Gasteiger partial charge < -0.3 is 20.9 Å². The molecule has 0 amide bonds. The number of methoxy groups -OCH3 is 2. The third-order valence-corrected chi connectivity index (χ3v) is 5.33. The van der Waals surface area contributed by atoms with Crippen molar-refractivity contribution >= 4 is 57.6 Å². The molecule has 2 rings (SSSR count). The molecular weight excluding hydrogens is 399 g/mol. The van der Waals surface area contributed by atoms with Crippen molar-refractivity contribution in [1.82, 2.24) is 0 Å². The highest BCUT2D eigenvalue weighted by atomic mass is 35.5. The molecule has 4 nitrogen and oxygen atoms in total. The standard InChI is InChI=1S/C17H16Cl2N2O2S2/c1-22-12-8-4-6-10(14(12)23-2)17(15(20)24,16(21)25)9-5-3-7-11(18)13(9)19/h3-8H,1-2H3,(H2,20,24)(H2,21,25). The van der Waals surface area contributed by atoms with Gasteiger partial charge in [0.2, 0.25) is 0 Å². The first-order valence-electron chi connectivity index (χ1n) is 7.08. The van der Waals surface area contributed by atoms with E-state index in [0.29, 0.717) is 27.6 Å². The van der Waals surface area contributed by atoms with Crippen molar-refractivity contribution in [3.63, 3.8) is 0 Å². The lowest BCUT2D eigenvalue weighted by molar-refractivity contribution is 0.351. The molecule has 0 saturated carbocycles. The van der Waals surface area contributed by atoms with Gasteiger partial charge in [-0.15, -0.1) is 0 Å². The van der Waals surface area contributed by atoms with Gasteiger partial charge in [-0.3, -0.25) is 0 Å². The van der Waals surface area contributed by atoms with E-state index in [1.54, 1.807) is 36.4 Å². The molecule has 0 atom stereocenters. The molecule has 0 heterocycles. The number of benzene rings is 2. The second-order valence-electron chi connectivity index (χ2n) is 5.12. The highest BCUT2D eigenvalue weighted by Crippen LogP contribution is 2.46. The third kappa shape index (κ3) is 3.15. The number of thiocarbonyl (C=S) groups is 2. The zero-order valence-electron chi connectivity index (χ0n) is 13.5. The summed E-state index contributed by atoms with van der Waals surface area (Å²) in [5.41, 5.74) is 11.9. The number of rotatable bonds is 6. The van der Waals surface area contributed by atoms with E-state index in [4.69, 9.17) is 68.6 Å². The number of halogens is 2. The summed E-state index contributed by atoms with van der Waals surface area (Å²) in [7, 11) is 3.03. The summed E-state index contributed by atoms with van der Waals surface area (Å²) >= 11 is 23.4. The van der Waals surface area contributed by atoms with Crippen LogP contribution in [-0.4, -0.2) is 24.2 Å². The molecule has 2 aromatic carbocycles. The van der Waals surface area contributed by atoms with Crippen molar-refractivity contribution in [3.8, 4) is 11.5 Å². The van der Waals surface area contributed by atoms with E-state index in [0.717, 1.165) is 0 Å². The van der Waals surface area contributed by atoms with Crippen molar-refractivity contribution < 1.29 is 9.47 Å². The molecule has 4 N–H and O–H groups in total. The van der Waals surface area contributed by atoms with Crippen LogP contribution in [0.4, 0.5) is 0 Å². The lowest BCUT2D eigenvalue weighted by Gasteiger charge is -2.35.